The second-order valence-corrected chi connectivity index (χ2v) is 2.19. The predicted octanol–water partition coefficient (Wildman–Crippen LogP) is 0.638. The Balaban J connectivity index is -0.000000500. The van der Waals surface area contributed by atoms with Crippen molar-refractivity contribution in [1.82, 2.24) is 10.6 Å². The second kappa shape index (κ2) is 11.3. The number of unbranched alkanes of at least 4 members (excludes halogenated alkanes) is 1. The van der Waals surface area contributed by atoms with Crippen LogP contribution in [0.5, 0.6) is 0 Å². The van der Waals surface area contributed by atoms with E-state index in [0.29, 0.717) is 0 Å². The third kappa shape index (κ3) is 14.2. The Bertz CT molecular complexity index is 150. The first-order valence-corrected chi connectivity index (χ1v) is 3.60. The van der Waals surface area contributed by atoms with Crippen molar-refractivity contribution in [2.45, 2.75) is 19.8 Å². The summed E-state index contributed by atoms with van der Waals surface area (Å²) in [5.41, 5.74) is 4.99. The van der Waals surface area contributed by atoms with Crippen molar-refractivity contribution in [3.63, 3.8) is 0 Å². The van der Waals surface area contributed by atoms with Gasteiger partial charge in [0.15, 0.2) is 11.9 Å². The fourth-order valence-electron chi connectivity index (χ4n) is 0.569. The highest BCUT2D eigenvalue weighted by molar-refractivity contribution is 5.94. The Kier molecular flexibility index (Phi) is 15.8. The van der Waals surface area contributed by atoms with Gasteiger partial charge in [-0.15, -0.1) is 24.8 Å². The quantitative estimate of drug-likeness (QED) is 0.279. The van der Waals surface area contributed by atoms with E-state index in [2.05, 4.69) is 17.6 Å². The lowest BCUT2D eigenvalue weighted by atomic mass is 10.3. The SMILES string of the molecule is CCCCNC(=N)NC(=N)N.Cl.Cl. The summed E-state index contributed by atoms with van der Waals surface area (Å²) < 4.78 is 0. The van der Waals surface area contributed by atoms with E-state index in [4.69, 9.17) is 16.6 Å². The first kappa shape index (κ1) is 18.2. The van der Waals surface area contributed by atoms with E-state index in [1.54, 1.807) is 0 Å². The van der Waals surface area contributed by atoms with Gasteiger partial charge in [0.05, 0.1) is 0 Å². The molecular weight excluding hydrogens is 213 g/mol. The molecular formula is C6H17Cl2N5. The largest absolute Gasteiger partial charge is 0.370 e. The van der Waals surface area contributed by atoms with Gasteiger partial charge < -0.3 is 11.1 Å². The fraction of sp³-hybridized carbons (Fsp3) is 0.667. The molecule has 0 heterocycles. The summed E-state index contributed by atoms with van der Waals surface area (Å²) in [6.07, 6.45) is 2.10. The number of guanidine groups is 2. The maximum absolute atomic E-state index is 7.15. The smallest absolute Gasteiger partial charge is 0.195 e. The molecule has 0 saturated heterocycles. The molecule has 0 radical (unpaired) electrons. The molecule has 13 heavy (non-hydrogen) atoms. The summed E-state index contributed by atoms with van der Waals surface area (Å²) >= 11 is 0. The van der Waals surface area contributed by atoms with Crippen LogP contribution in [-0.2, 0) is 0 Å². The van der Waals surface area contributed by atoms with Crippen LogP contribution in [0, 0.1) is 10.8 Å². The molecule has 0 rings (SSSR count). The van der Waals surface area contributed by atoms with Crippen LogP contribution in [0.3, 0.4) is 0 Å². The molecule has 0 bridgehead atoms. The van der Waals surface area contributed by atoms with Gasteiger partial charge >= 0.3 is 0 Å². The van der Waals surface area contributed by atoms with Gasteiger partial charge in [0, 0.05) is 6.54 Å². The average Bonchev–Trinajstić information content (AvgIpc) is 1.86. The molecule has 0 aliphatic heterocycles. The molecule has 0 atom stereocenters. The monoisotopic (exact) mass is 229 g/mol. The minimum Gasteiger partial charge on any atom is -0.370 e. The van der Waals surface area contributed by atoms with Gasteiger partial charge in [0.2, 0.25) is 0 Å². The van der Waals surface area contributed by atoms with Crippen molar-refractivity contribution in [3.8, 4) is 0 Å². The summed E-state index contributed by atoms with van der Waals surface area (Å²) in [5, 5.41) is 19.0. The van der Waals surface area contributed by atoms with Crippen LogP contribution in [0.4, 0.5) is 0 Å². The standard InChI is InChI=1S/C6H15N5.2ClH/c1-2-3-4-10-6(9)11-5(7)8;;/h2-4H2,1H3,(H6,7,8,9,10,11);2*1H. The molecule has 0 saturated carbocycles. The van der Waals surface area contributed by atoms with E-state index in [0.717, 1.165) is 19.4 Å². The molecule has 0 aliphatic rings. The molecule has 0 unspecified atom stereocenters. The topological polar surface area (TPSA) is 97.8 Å². The lowest BCUT2D eigenvalue weighted by molar-refractivity contribution is 0.744. The number of hydrogen-bond donors (Lipinski definition) is 5. The van der Waals surface area contributed by atoms with E-state index >= 15 is 0 Å². The molecule has 5 nitrogen and oxygen atoms in total. The van der Waals surface area contributed by atoms with Gasteiger partial charge in [0.1, 0.15) is 0 Å². The van der Waals surface area contributed by atoms with Crippen LogP contribution in [0.2, 0.25) is 0 Å². The van der Waals surface area contributed by atoms with Crippen molar-refractivity contribution in [2.24, 2.45) is 5.73 Å². The maximum atomic E-state index is 7.15. The number of nitrogens with one attached hydrogen (secondary N) is 4. The maximum Gasteiger partial charge on any atom is 0.195 e. The second-order valence-electron chi connectivity index (χ2n) is 2.19. The molecule has 80 valence electrons. The number of rotatable bonds is 3. The van der Waals surface area contributed by atoms with Crippen molar-refractivity contribution in [2.75, 3.05) is 6.54 Å². The van der Waals surface area contributed by atoms with E-state index in [1.165, 1.54) is 0 Å². The molecule has 0 aromatic rings. The zero-order chi connectivity index (χ0) is 8.69. The van der Waals surface area contributed by atoms with E-state index in [9.17, 15) is 0 Å². The zero-order valence-corrected chi connectivity index (χ0v) is 9.15. The van der Waals surface area contributed by atoms with Gasteiger partial charge in [-0.3, -0.25) is 16.1 Å². The summed E-state index contributed by atoms with van der Waals surface area (Å²) in [6.45, 7) is 2.82. The van der Waals surface area contributed by atoms with Gasteiger partial charge in [-0.2, -0.15) is 0 Å². The van der Waals surface area contributed by atoms with Crippen molar-refractivity contribution >= 4 is 36.7 Å². The third-order valence-corrected chi connectivity index (χ3v) is 1.09. The molecule has 0 amide bonds. The number of halogens is 2. The van der Waals surface area contributed by atoms with Gasteiger partial charge in [-0.1, -0.05) is 13.3 Å². The highest BCUT2D eigenvalue weighted by Crippen LogP contribution is 1.80. The molecule has 0 aliphatic carbocycles. The fourth-order valence-corrected chi connectivity index (χ4v) is 0.569. The molecule has 0 aromatic carbocycles. The van der Waals surface area contributed by atoms with Crippen LogP contribution in [0.1, 0.15) is 19.8 Å². The summed E-state index contributed by atoms with van der Waals surface area (Å²) in [6, 6.07) is 0. The highest BCUT2D eigenvalue weighted by atomic mass is 35.5. The Morgan fingerprint density at radius 3 is 2.23 bits per heavy atom. The third-order valence-electron chi connectivity index (χ3n) is 1.09. The van der Waals surface area contributed by atoms with Crippen molar-refractivity contribution < 1.29 is 0 Å². The Labute approximate surface area is 90.7 Å². The van der Waals surface area contributed by atoms with Gasteiger partial charge in [0.25, 0.3) is 0 Å². The van der Waals surface area contributed by atoms with Crippen molar-refractivity contribution in [1.29, 1.82) is 10.8 Å². The first-order valence-electron chi connectivity index (χ1n) is 3.60. The minimum atomic E-state index is -0.209. The zero-order valence-electron chi connectivity index (χ0n) is 7.52. The van der Waals surface area contributed by atoms with E-state index < -0.39 is 0 Å². The molecule has 0 fully saturated rings. The summed E-state index contributed by atoms with van der Waals surface area (Å²) in [5.74, 6) is -0.120. The van der Waals surface area contributed by atoms with Crippen LogP contribution >= 0.6 is 24.8 Å². The number of hydrogen-bond acceptors (Lipinski definition) is 2. The Hall–Kier alpha value is -0.680. The van der Waals surface area contributed by atoms with E-state index in [1.807, 2.05) is 0 Å². The minimum absolute atomic E-state index is 0. The van der Waals surface area contributed by atoms with E-state index in [-0.39, 0.29) is 36.7 Å². The first-order chi connectivity index (χ1) is 5.16. The summed E-state index contributed by atoms with van der Waals surface area (Å²) in [7, 11) is 0. The predicted molar refractivity (Wildman–Crippen MR) is 60.2 cm³/mol. The van der Waals surface area contributed by atoms with Gasteiger partial charge in [-0.25, -0.2) is 0 Å². The van der Waals surface area contributed by atoms with Crippen LogP contribution in [0.15, 0.2) is 0 Å². The molecule has 0 aromatic heterocycles. The highest BCUT2D eigenvalue weighted by Gasteiger charge is 1.93. The van der Waals surface area contributed by atoms with Crippen LogP contribution < -0.4 is 16.4 Å². The lowest BCUT2D eigenvalue weighted by Crippen LogP contribution is -2.43. The molecule has 6 N–H and O–H groups in total. The van der Waals surface area contributed by atoms with Crippen LogP contribution in [0.25, 0.3) is 0 Å². The molecule has 0 spiro atoms. The van der Waals surface area contributed by atoms with Crippen LogP contribution in [-0.4, -0.2) is 18.5 Å². The lowest BCUT2D eigenvalue weighted by Gasteiger charge is -2.06. The Morgan fingerprint density at radius 1 is 1.31 bits per heavy atom. The normalized spacial score (nSPS) is 7.46. The summed E-state index contributed by atoms with van der Waals surface area (Å²) in [4.78, 5) is 0. The average molecular weight is 230 g/mol. The number of nitrogens with two attached hydrogens (primary N) is 1. The Morgan fingerprint density at radius 2 is 1.85 bits per heavy atom. The molecule has 7 heteroatoms. The van der Waals surface area contributed by atoms with Gasteiger partial charge in [-0.05, 0) is 6.42 Å². The van der Waals surface area contributed by atoms with Crippen molar-refractivity contribution in [3.05, 3.63) is 0 Å².